The average molecular weight is 279 g/mol. The van der Waals surface area contributed by atoms with E-state index in [1.165, 1.54) is 17.0 Å². The number of carbonyl (C=O) groups excluding carboxylic acids is 1. The zero-order valence-corrected chi connectivity index (χ0v) is 10.7. The Hall–Kier alpha value is -1.95. The second-order valence-electron chi connectivity index (χ2n) is 5.04. The predicted octanol–water partition coefficient (Wildman–Crippen LogP) is 1.35. The molecule has 2 heterocycles. The van der Waals surface area contributed by atoms with Crippen LogP contribution in [0.1, 0.15) is 18.4 Å². The van der Waals surface area contributed by atoms with Gasteiger partial charge in [0.1, 0.15) is 11.9 Å². The van der Waals surface area contributed by atoms with Crippen LogP contribution in [-0.4, -0.2) is 35.7 Å². The largest absolute Gasteiger partial charge is 0.479 e. The lowest BCUT2D eigenvalue weighted by Crippen LogP contribution is -2.38. The molecule has 0 aliphatic carbocycles. The first-order chi connectivity index (χ1) is 9.56. The van der Waals surface area contributed by atoms with Crippen LogP contribution >= 0.6 is 0 Å². The number of carboxylic acid groups (broad SMARTS) is 1. The molecule has 3 rings (SSSR count). The molecule has 1 fully saturated rings. The molecule has 6 heteroatoms. The van der Waals surface area contributed by atoms with Gasteiger partial charge in [0.05, 0.1) is 0 Å². The minimum Gasteiger partial charge on any atom is -0.479 e. The molecule has 1 aromatic carbocycles. The van der Waals surface area contributed by atoms with E-state index in [1.54, 1.807) is 6.07 Å². The SMILES string of the molecule is O=C(O)[C@H]1CC[C@@H](C(=O)N2CCc3ccc(F)cc32)O1. The third kappa shape index (κ3) is 2.16. The summed E-state index contributed by atoms with van der Waals surface area (Å²) in [5.74, 6) is -1.72. The molecule has 0 unspecified atom stereocenters. The van der Waals surface area contributed by atoms with Gasteiger partial charge in [-0.25, -0.2) is 9.18 Å². The summed E-state index contributed by atoms with van der Waals surface area (Å²) >= 11 is 0. The highest BCUT2D eigenvalue weighted by atomic mass is 19.1. The lowest BCUT2D eigenvalue weighted by molar-refractivity contribution is -0.151. The summed E-state index contributed by atoms with van der Waals surface area (Å²) in [7, 11) is 0. The molecule has 0 radical (unpaired) electrons. The van der Waals surface area contributed by atoms with Gasteiger partial charge in [-0.1, -0.05) is 6.07 Å². The van der Waals surface area contributed by atoms with Crippen molar-refractivity contribution in [2.24, 2.45) is 0 Å². The highest BCUT2D eigenvalue weighted by Gasteiger charge is 2.38. The van der Waals surface area contributed by atoms with Gasteiger partial charge in [-0.05, 0) is 37.0 Å². The summed E-state index contributed by atoms with van der Waals surface area (Å²) in [6.45, 7) is 0.481. The van der Waals surface area contributed by atoms with E-state index >= 15 is 0 Å². The average Bonchev–Trinajstić information content (AvgIpc) is 3.04. The lowest BCUT2D eigenvalue weighted by atomic mass is 10.1. The van der Waals surface area contributed by atoms with Crippen molar-refractivity contribution in [1.29, 1.82) is 0 Å². The van der Waals surface area contributed by atoms with Crippen molar-refractivity contribution < 1.29 is 23.8 Å². The molecule has 1 N–H and O–H groups in total. The van der Waals surface area contributed by atoms with E-state index in [1.807, 2.05) is 0 Å². The van der Waals surface area contributed by atoms with E-state index in [-0.39, 0.29) is 11.7 Å². The van der Waals surface area contributed by atoms with Gasteiger partial charge in [-0.3, -0.25) is 4.79 Å². The summed E-state index contributed by atoms with van der Waals surface area (Å²) < 4.78 is 18.6. The number of hydrogen-bond acceptors (Lipinski definition) is 3. The highest BCUT2D eigenvalue weighted by Crippen LogP contribution is 2.31. The summed E-state index contributed by atoms with van der Waals surface area (Å²) in [5.41, 5.74) is 1.49. The van der Waals surface area contributed by atoms with Gasteiger partial charge in [0.2, 0.25) is 0 Å². The van der Waals surface area contributed by atoms with Crippen LogP contribution in [0.5, 0.6) is 0 Å². The molecule has 1 amide bonds. The van der Waals surface area contributed by atoms with E-state index in [0.717, 1.165) is 5.56 Å². The Balaban J connectivity index is 1.77. The summed E-state index contributed by atoms with van der Waals surface area (Å²) in [5, 5.41) is 8.87. The number of ether oxygens (including phenoxy) is 1. The number of amides is 1. The van der Waals surface area contributed by atoms with Crippen LogP contribution in [0.3, 0.4) is 0 Å². The van der Waals surface area contributed by atoms with Crippen molar-refractivity contribution in [1.82, 2.24) is 0 Å². The molecule has 0 aromatic heterocycles. The Morgan fingerprint density at radius 2 is 2.05 bits per heavy atom. The molecular weight excluding hydrogens is 265 g/mol. The van der Waals surface area contributed by atoms with Gasteiger partial charge in [0, 0.05) is 12.2 Å². The van der Waals surface area contributed by atoms with Gasteiger partial charge >= 0.3 is 5.97 Å². The molecule has 2 aliphatic heterocycles. The third-order valence-electron chi connectivity index (χ3n) is 3.78. The molecule has 2 aliphatic rings. The Kier molecular flexibility index (Phi) is 3.17. The van der Waals surface area contributed by atoms with E-state index < -0.39 is 18.2 Å². The van der Waals surface area contributed by atoms with Crippen LogP contribution in [0.25, 0.3) is 0 Å². The van der Waals surface area contributed by atoms with Crippen LogP contribution in [0.15, 0.2) is 18.2 Å². The van der Waals surface area contributed by atoms with Crippen molar-refractivity contribution in [2.75, 3.05) is 11.4 Å². The molecular formula is C14H14FNO4. The minimum atomic E-state index is -1.05. The molecule has 20 heavy (non-hydrogen) atoms. The van der Waals surface area contributed by atoms with Gasteiger partial charge in [-0.2, -0.15) is 0 Å². The van der Waals surface area contributed by atoms with Crippen LogP contribution < -0.4 is 4.90 Å². The van der Waals surface area contributed by atoms with E-state index in [9.17, 15) is 14.0 Å². The second-order valence-corrected chi connectivity index (χ2v) is 5.04. The number of nitrogens with zero attached hydrogens (tertiary/aromatic N) is 1. The summed E-state index contributed by atoms with van der Waals surface area (Å²) in [6, 6.07) is 4.39. The van der Waals surface area contributed by atoms with Crippen molar-refractivity contribution in [2.45, 2.75) is 31.5 Å². The number of rotatable bonds is 2. The smallest absolute Gasteiger partial charge is 0.332 e. The summed E-state index contributed by atoms with van der Waals surface area (Å²) in [6.07, 6.45) is -0.271. The number of anilines is 1. The quantitative estimate of drug-likeness (QED) is 0.887. The number of aliphatic carboxylic acids is 1. The Morgan fingerprint density at radius 1 is 1.30 bits per heavy atom. The number of halogens is 1. The Morgan fingerprint density at radius 3 is 2.75 bits per heavy atom. The monoisotopic (exact) mass is 279 g/mol. The second kappa shape index (κ2) is 4.86. The van der Waals surface area contributed by atoms with Gasteiger partial charge < -0.3 is 14.7 Å². The molecule has 0 bridgehead atoms. The Labute approximate surface area is 114 Å². The lowest BCUT2D eigenvalue weighted by Gasteiger charge is -2.21. The number of benzene rings is 1. The highest BCUT2D eigenvalue weighted by molar-refractivity contribution is 5.98. The zero-order valence-electron chi connectivity index (χ0n) is 10.7. The fourth-order valence-electron chi connectivity index (χ4n) is 2.76. The first-order valence-corrected chi connectivity index (χ1v) is 6.54. The van der Waals surface area contributed by atoms with Gasteiger partial charge in [0.25, 0.3) is 5.91 Å². The van der Waals surface area contributed by atoms with E-state index in [4.69, 9.17) is 9.84 Å². The maximum Gasteiger partial charge on any atom is 0.332 e. The molecule has 1 aromatic rings. The normalized spacial score (nSPS) is 24.8. The van der Waals surface area contributed by atoms with Crippen LogP contribution in [0, 0.1) is 5.82 Å². The first kappa shape index (κ1) is 13.1. The number of carbonyl (C=O) groups is 2. The first-order valence-electron chi connectivity index (χ1n) is 6.54. The van der Waals surface area contributed by atoms with Gasteiger partial charge in [-0.15, -0.1) is 0 Å². The van der Waals surface area contributed by atoms with Gasteiger partial charge in [0.15, 0.2) is 6.10 Å². The molecule has 1 saturated heterocycles. The minimum absolute atomic E-state index is 0.280. The number of hydrogen-bond donors (Lipinski definition) is 1. The van der Waals surface area contributed by atoms with Crippen molar-refractivity contribution >= 4 is 17.6 Å². The molecule has 106 valence electrons. The van der Waals surface area contributed by atoms with Crippen molar-refractivity contribution in [3.05, 3.63) is 29.6 Å². The fourth-order valence-corrected chi connectivity index (χ4v) is 2.76. The van der Waals surface area contributed by atoms with E-state index in [0.29, 0.717) is 31.5 Å². The maximum absolute atomic E-state index is 13.3. The summed E-state index contributed by atoms with van der Waals surface area (Å²) in [4.78, 5) is 24.7. The molecule has 2 atom stereocenters. The van der Waals surface area contributed by atoms with Crippen molar-refractivity contribution in [3.8, 4) is 0 Å². The maximum atomic E-state index is 13.3. The fraction of sp³-hybridized carbons (Fsp3) is 0.429. The van der Waals surface area contributed by atoms with Crippen LogP contribution in [0.2, 0.25) is 0 Å². The van der Waals surface area contributed by atoms with Crippen LogP contribution in [0.4, 0.5) is 10.1 Å². The molecule has 5 nitrogen and oxygen atoms in total. The van der Waals surface area contributed by atoms with Crippen LogP contribution in [-0.2, 0) is 20.7 Å². The van der Waals surface area contributed by atoms with E-state index in [2.05, 4.69) is 0 Å². The zero-order chi connectivity index (χ0) is 14.3. The standard InChI is InChI=1S/C14H14FNO4/c15-9-2-1-8-5-6-16(10(8)7-9)13(17)11-3-4-12(20-11)14(18)19/h1-2,7,11-12H,3-6H2,(H,18,19)/t11-,12+/m0/s1. The van der Waals surface area contributed by atoms with Crippen molar-refractivity contribution in [3.63, 3.8) is 0 Å². The molecule has 0 saturated carbocycles. The third-order valence-corrected chi connectivity index (χ3v) is 3.78. The Bertz CT molecular complexity index is 574. The number of fused-ring (bicyclic) bond motifs is 1. The predicted molar refractivity (Wildman–Crippen MR) is 68.0 cm³/mol. The number of carboxylic acids is 1. The molecule has 0 spiro atoms. The topological polar surface area (TPSA) is 66.8 Å².